The monoisotopic (exact) mass is 523 g/mol. The quantitative estimate of drug-likeness (QED) is 0.265. The van der Waals surface area contributed by atoms with Gasteiger partial charge in [0.15, 0.2) is 18.1 Å². The molecule has 2 aromatic rings. The Morgan fingerprint density at radius 3 is 2.55 bits per heavy atom. The van der Waals surface area contributed by atoms with Crippen molar-refractivity contribution in [3.63, 3.8) is 0 Å². The first-order valence-corrected chi connectivity index (χ1v) is 10.7. The van der Waals surface area contributed by atoms with Crippen LogP contribution in [-0.4, -0.2) is 44.3 Å². The number of anilines is 1. The number of benzene rings is 2. The van der Waals surface area contributed by atoms with Crippen molar-refractivity contribution in [3.05, 3.63) is 52.3 Å². The van der Waals surface area contributed by atoms with Crippen molar-refractivity contribution in [2.45, 2.75) is 19.8 Å². The third-order valence-corrected chi connectivity index (χ3v) is 4.61. The van der Waals surface area contributed by atoms with Gasteiger partial charge in [-0.2, -0.15) is 5.10 Å². The number of nitrogens with zero attached hydrogens (tertiary/aromatic N) is 1. The number of hydrazone groups is 1. The largest absolute Gasteiger partial charge is 0.490 e. The molecule has 0 aromatic heterocycles. The number of para-hydroxylation sites is 1. The van der Waals surface area contributed by atoms with Crippen LogP contribution in [0, 0.1) is 5.82 Å². The maximum absolute atomic E-state index is 13.5. The van der Waals surface area contributed by atoms with Crippen molar-refractivity contribution in [1.29, 1.82) is 0 Å². The zero-order chi connectivity index (χ0) is 24.2. The number of hydrogen-bond acceptors (Lipinski definition) is 7. The number of nitrogens with one attached hydrogen (secondary N) is 2. The number of halogens is 2. The van der Waals surface area contributed by atoms with Crippen LogP contribution >= 0.6 is 15.9 Å². The van der Waals surface area contributed by atoms with Gasteiger partial charge in [0, 0.05) is 12.8 Å². The van der Waals surface area contributed by atoms with Crippen LogP contribution in [0.1, 0.15) is 25.3 Å². The average Bonchev–Trinajstić information content (AvgIpc) is 2.78. The Morgan fingerprint density at radius 1 is 1.12 bits per heavy atom. The molecule has 0 bridgehead atoms. The normalized spacial score (nSPS) is 10.5. The summed E-state index contributed by atoms with van der Waals surface area (Å²) < 4.78 is 29.6. The van der Waals surface area contributed by atoms with Gasteiger partial charge in [-0.3, -0.25) is 9.59 Å². The Kier molecular flexibility index (Phi) is 10.3. The predicted octanol–water partition coefficient (Wildman–Crippen LogP) is 3.41. The first kappa shape index (κ1) is 25.8. The Morgan fingerprint density at radius 2 is 1.85 bits per heavy atom. The molecule has 0 saturated carbocycles. The molecule has 33 heavy (non-hydrogen) atoms. The van der Waals surface area contributed by atoms with Gasteiger partial charge in [-0.1, -0.05) is 12.1 Å². The Balaban J connectivity index is 1.91. The number of rotatable bonds is 11. The molecule has 0 radical (unpaired) electrons. The predicted molar refractivity (Wildman–Crippen MR) is 123 cm³/mol. The number of amides is 2. The number of carbonyl (C=O) groups excluding carboxylic acids is 3. The van der Waals surface area contributed by atoms with Crippen LogP contribution < -0.4 is 20.2 Å². The lowest BCUT2D eigenvalue weighted by Crippen LogP contribution is -2.21. The molecule has 0 fully saturated rings. The smallest absolute Gasteiger partial charge is 0.343 e. The van der Waals surface area contributed by atoms with Crippen molar-refractivity contribution in [2.75, 3.05) is 25.6 Å². The summed E-state index contributed by atoms with van der Waals surface area (Å²) in [7, 11) is 1.26. The molecule has 0 aliphatic rings. The molecule has 0 aliphatic carbocycles. The lowest BCUT2D eigenvalue weighted by molar-refractivity contribution is -0.143. The van der Waals surface area contributed by atoms with E-state index in [0.717, 1.165) is 0 Å². The fourth-order valence-electron chi connectivity index (χ4n) is 2.49. The molecule has 9 nitrogen and oxygen atoms in total. The fraction of sp³-hybridized carbons (Fsp3) is 0.273. The summed E-state index contributed by atoms with van der Waals surface area (Å²) in [6.07, 6.45) is 1.11. The van der Waals surface area contributed by atoms with Gasteiger partial charge < -0.3 is 19.5 Å². The van der Waals surface area contributed by atoms with Gasteiger partial charge in [-0.25, -0.2) is 14.6 Å². The highest BCUT2D eigenvalue weighted by molar-refractivity contribution is 9.10. The zero-order valence-electron chi connectivity index (χ0n) is 18.0. The van der Waals surface area contributed by atoms with E-state index in [1.165, 1.54) is 31.5 Å². The lowest BCUT2D eigenvalue weighted by Gasteiger charge is -2.13. The van der Waals surface area contributed by atoms with E-state index in [4.69, 9.17) is 9.47 Å². The first-order valence-electron chi connectivity index (χ1n) is 9.86. The van der Waals surface area contributed by atoms with Gasteiger partial charge in [-0.05, 0) is 52.7 Å². The van der Waals surface area contributed by atoms with Crippen molar-refractivity contribution in [2.24, 2.45) is 5.10 Å². The molecule has 2 amide bonds. The van der Waals surface area contributed by atoms with Crippen molar-refractivity contribution < 1.29 is 33.0 Å². The van der Waals surface area contributed by atoms with Gasteiger partial charge >= 0.3 is 5.97 Å². The van der Waals surface area contributed by atoms with Crippen LogP contribution in [-0.2, 0) is 19.1 Å². The molecule has 0 spiro atoms. The third-order valence-electron chi connectivity index (χ3n) is 4.02. The lowest BCUT2D eigenvalue weighted by atomic mass is 10.2. The third kappa shape index (κ3) is 8.53. The minimum absolute atomic E-state index is 0.0515. The van der Waals surface area contributed by atoms with E-state index in [2.05, 4.69) is 36.5 Å². The second-order valence-corrected chi connectivity index (χ2v) is 7.30. The summed E-state index contributed by atoms with van der Waals surface area (Å²) in [6, 6.07) is 9.04. The molecule has 0 atom stereocenters. The van der Waals surface area contributed by atoms with Crippen LogP contribution in [0.5, 0.6) is 11.5 Å². The molecule has 0 saturated heterocycles. The van der Waals surface area contributed by atoms with Crippen molar-refractivity contribution >= 4 is 45.6 Å². The minimum atomic E-state index is -0.556. The van der Waals surface area contributed by atoms with E-state index in [9.17, 15) is 18.8 Å². The van der Waals surface area contributed by atoms with Crippen molar-refractivity contribution in [1.82, 2.24) is 5.43 Å². The van der Waals surface area contributed by atoms with Gasteiger partial charge in [0.1, 0.15) is 5.82 Å². The number of ether oxygens (including phenoxy) is 3. The van der Waals surface area contributed by atoms with E-state index < -0.39 is 23.6 Å². The van der Waals surface area contributed by atoms with Crippen LogP contribution in [0.3, 0.4) is 0 Å². The topological polar surface area (TPSA) is 115 Å². The SMILES string of the molecule is CCOc1cc(C=NNC(=O)CCC(=O)Nc2ccccc2F)cc(Br)c1OCC(=O)OC. The second kappa shape index (κ2) is 13.2. The van der Waals surface area contributed by atoms with Crippen molar-refractivity contribution in [3.8, 4) is 11.5 Å². The summed E-state index contributed by atoms with van der Waals surface area (Å²) in [5.41, 5.74) is 2.95. The maximum atomic E-state index is 13.5. The molecule has 0 aliphatic heterocycles. The first-order chi connectivity index (χ1) is 15.8. The number of methoxy groups -OCH3 is 1. The minimum Gasteiger partial charge on any atom is -0.490 e. The maximum Gasteiger partial charge on any atom is 0.343 e. The van der Waals surface area contributed by atoms with Gasteiger partial charge in [-0.15, -0.1) is 0 Å². The van der Waals surface area contributed by atoms with Crippen LogP contribution in [0.2, 0.25) is 0 Å². The number of hydrogen-bond donors (Lipinski definition) is 2. The summed E-state index contributed by atoms with van der Waals surface area (Å²) >= 11 is 3.36. The molecule has 11 heteroatoms. The Bertz CT molecular complexity index is 1030. The molecular formula is C22H23BrFN3O6. The molecule has 176 valence electrons. The van der Waals surface area contributed by atoms with E-state index in [0.29, 0.717) is 28.1 Å². The number of esters is 1. The van der Waals surface area contributed by atoms with Crippen LogP contribution in [0.15, 0.2) is 46.0 Å². The summed E-state index contributed by atoms with van der Waals surface area (Å²) in [6.45, 7) is 1.86. The zero-order valence-corrected chi connectivity index (χ0v) is 19.6. The van der Waals surface area contributed by atoms with Gasteiger partial charge in [0.25, 0.3) is 0 Å². The summed E-state index contributed by atoms with van der Waals surface area (Å²) in [5.74, 6) is -1.39. The summed E-state index contributed by atoms with van der Waals surface area (Å²) in [5, 5.41) is 6.28. The molecular weight excluding hydrogens is 501 g/mol. The highest BCUT2D eigenvalue weighted by Gasteiger charge is 2.14. The Hall–Kier alpha value is -3.47. The van der Waals surface area contributed by atoms with E-state index >= 15 is 0 Å². The highest BCUT2D eigenvalue weighted by atomic mass is 79.9. The van der Waals surface area contributed by atoms with Crippen LogP contribution in [0.25, 0.3) is 0 Å². The Labute approximate surface area is 198 Å². The molecule has 2 aromatic carbocycles. The number of carbonyl (C=O) groups is 3. The second-order valence-electron chi connectivity index (χ2n) is 6.45. The molecule has 2 N–H and O–H groups in total. The van der Waals surface area contributed by atoms with E-state index in [1.54, 1.807) is 25.1 Å². The van der Waals surface area contributed by atoms with Gasteiger partial charge in [0.05, 0.1) is 30.1 Å². The standard InChI is InChI=1S/C22H23BrFN3O6/c1-3-32-18-11-14(10-15(23)22(18)33-13-21(30)31-2)12-25-27-20(29)9-8-19(28)26-17-7-5-4-6-16(17)24/h4-7,10-12H,3,8-9,13H2,1-2H3,(H,26,28)(H,27,29). The fourth-order valence-corrected chi connectivity index (χ4v) is 3.07. The average molecular weight is 524 g/mol. The summed E-state index contributed by atoms with van der Waals surface area (Å²) in [4.78, 5) is 35.2. The molecule has 0 unspecified atom stereocenters. The molecule has 2 rings (SSSR count). The highest BCUT2D eigenvalue weighted by Crippen LogP contribution is 2.36. The van der Waals surface area contributed by atoms with Crippen LogP contribution in [0.4, 0.5) is 10.1 Å². The van der Waals surface area contributed by atoms with E-state index in [-0.39, 0.29) is 25.1 Å². The van der Waals surface area contributed by atoms with E-state index in [1.807, 2.05) is 0 Å². The van der Waals surface area contributed by atoms with Gasteiger partial charge in [0.2, 0.25) is 11.8 Å². The molecule has 0 heterocycles.